The second-order valence-corrected chi connectivity index (χ2v) is 7.84. The summed E-state index contributed by atoms with van der Waals surface area (Å²) in [6, 6.07) is 0. The van der Waals surface area contributed by atoms with Crippen LogP contribution in [0, 0.1) is 17.8 Å². The predicted molar refractivity (Wildman–Crippen MR) is 85.3 cm³/mol. The molecule has 2 aliphatic rings. The number of hydrogen-bond acceptors (Lipinski definition) is 3. The summed E-state index contributed by atoms with van der Waals surface area (Å²) in [6.45, 7) is 11.3. The number of nitrogens with zero attached hydrogens (tertiary/aromatic N) is 3. The van der Waals surface area contributed by atoms with E-state index >= 15 is 0 Å². The fourth-order valence-corrected chi connectivity index (χ4v) is 4.05. The van der Waals surface area contributed by atoms with E-state index in [4.69, 9.17) is 0 Å². The number of fused-ring (bicyclic) bond motifs is 2. The minimum absolute atomic E-state index is 0.0464. The monoisotopic (exact) mass is 290 g/mol. The topological polar surface area (TPSA) is 42.7 Å². The van der Waals surface area contributed by atoms with E-state index in [0.29, 0.717) is 0 Å². The van der Waals surface area contributed by atoms with E-state index in [1.807, 2.05) is 0 Å². The van der Waals surface area contributed by atoms with Crippen LogP contribution in [0.1, 0.15) is 58.3 Å². The predicted octanol–water partition coefficient (Wildman–Crippen LogP) is 2.77. The van der Waals surface area contributed by atoms with Crippen LogP contribution >= 0.6 is 0 Å². The van der Waals surface area contributed by atoms with Gasteiger partial charge in [-0.15, -0.1) is 5.10 Å². The Morgan fingerprint density at radius 2 is 1.90 bits per heavy atom. The van der Waals surface area contributed by atoms with Crippen molar-refractivity contribution in [1.82, 2.24) is 20.3 Å². The number of aryl methyl sites for hydroxylation is 1. The molecule has 0 spiro atoms. The molecule has 0 radical (unpaired) electrons. The van der Waals surface area contributed by atoms with Crippen molar-refractivity contribution in [3.63, 3.8) is 0 Å². The highest BCUT2D eigenvalue weighted by molar-refractivity contribution is 5.16. The van der Waals surface area contributed by atoms with Crippen LogP contribution in [0.2, 0.25) is 0 Å². The molecule has 0 amide bonds. The van der Waals surface area contributed by atoms with Gasteiger partial charge in [-0.2, -0.15) is 0 Å². The molecule has 118 valence electrons. The van der Waals surface area contributed by atoms with E-state index in [1.165, 1.54) is 37.2 Å². The summed E-state index contributed by atoms with van der Waals surface area (Å²) in [5.74, 6) is 2.78. The molecule has 21 heavy (non-hydrogen) atoms. The van der Waals surface area contributed by atoms with Gasteiger partial charge in [-0.05, 0) is 83.7 Å². The van der Waals surface area contributed by atoms with Gasteiger partial charge < -0.3 is 5.32 Å². The molecule has 0 aliphatic heterocycles. The number of aromatic nitrogens is 3. The fraction of sp³-hybridized carbons (Fsp3) is 0.882. The van der Waals surface area contributed by atoms with Gasteiger partial charge in [-0.3, -0.25) is 0 Å². The average molecular weight is 290 g/mol. The highest BCUT2D eigenvalue weighted by Crippen LogP contribution is 2.52. The lowest BCUT2D eigenvalue weighted by atomic mass is 10.00. The molecule has 4 heteroatoms. The van der Waals surface area contributed by atoms with Gasteiger partial charge in [-0.25, -0.2) is 4.68 Å². The molecule has 3 rings (SSSR count). The normalized spacial score (nSPS) is 28.5. The van der Waals surface area contributed by atoms with Crippen molar-refractivity contribution in [2.75, 3.05) is 13.1 Å². The maximum atomic E-state index is 4.48. The summed E-state index contributed by atoms with van der Waals surface area (Å²) in [7, 11) is 0. The van der Waals surface area contributed by atoms with Crippen molar-refractivity contribution in [2.24, 2.45) is 17.8 Å². The molecule has 2 aliphatic carbocycles. The zero-order chi connectivity index (χ0) is 15.0. The Morgan fingerprint density at radius 1 is 1.19 bits per heavy atom. The molecule has 1 fully saturated rings. The molecular formula is C17H30N4. The highest BCUT2D eigenvalue weighted by atomic mass is 15.5. The number of nitrogens with one attached hydrogen (secondary N) is 1. The molecule has 3 atom stereocenters. The molecule has 0 unspecified atom stereocenters. The Bertz CT molecular complexity index is 485. The molecule has 1 saturated carbocycles. The summed E-state index contributed by atoms with van der Waals surface area (Å²) in [5, 5.41) is 12.5. The second-order valence-electron chi connectivity index (χ2n) is 7.84. The van der Waals surface area contributed by atoms with E-state index in [2.05, 4.69) is 48.0 Å². The molecule has 1 aromatic heterocycles. The first-order valence-corrected chi connectivity index (χ1v) is 8.67. The van der Waals surface area contributed by atoms with E-state index in [1.54, 1.807) is 0 Å². The van der Waals surface area contributed by atoms with Gasteiger partial charge in [0.15, 0.2) is 0 Å². The van der Waals surface area contributed by atoms with Crippen molar-refractivity contribution < 1.29 is 0 Å². The lowest BCUT2D eigenvalue weighted by Crippen LogP contribution is -2.26. The number of hydrogen-bond donors (Lipinski definition) is 1. The smallest absolute Gasteiger partial charge is 0.0859 e. The Kier molecular flexibility index (Phi) is 4.08. The quantitative estimate of drug-likeness (QED) is 0.867. The average Bonchev–Trinajstić information content (AvgIpc) is 2.86. The van der Waals surface area contributed by atoms with Crippen LogP contribution in [0.4, 0.5) is 0 Å². The molecule has 4 nitrogen and oxygen atoms in total. The summed E-state index contributed by atoms with van der Waals surface area (Å²) < 4.78 is 2.16. The first kappa shape index (κ1) is 15.0. The molecule has 0 aromatic carbocycles. The summed E-state index contributed by atoms with van der Waals surface area (Å²) in [6.07, 6.45) is 6.14. The van der Waals surface area contributed by atoms with E-state index in [9.17, 15) is 0 Å². The second kappa shape index (κ2) is 5.71. The van der Waals surface area contributed by atoms with Gasteiger partial charge in [0.25, 0.3) is 0 Å². The zero-order valence-electron chi connectivity index (χ0n) is 14.0. The van der Waals surface area contributed by atoms with Gasteiger partial charge in [0, 0.05) is 0 Å². The largest absolute Gasteiger partial charge is 0.316 e. The summed E-state index contributed by atoms with van der Waals surface area (Å²) >= 11 is 0. The van der Waals surface area contributed by atoms with Crippen molar-refractivity contribution in [3.8, 4) is 0 Å². The SMILES string of the molecule is CCCNC[C@@H]1[C@@H]2CCc3c(nnn3C(C)(C)C)CC[C@@H]21. The first-order valence-electron chi connectivity index (χ1n) is 8.67. The van der Waals surface area contributed by atoms with E-state index < -0.39 is 0 Å². The van der Waals surface area contributed by atoms with Crippen LogP contribution in [-0.4, -0.2) is 28.1 Å². The third-order valence-electron chi connectivity index (χ3n) is 5.22. The maximum absolute atomic E-state index is 4.48. The van der Waals surface area contributed by atoms with Crippen LogP contribution in [-0.2, 0) is 18.4 Å². The standard InChI is InChI=1S/C17H30N4/c1-5-10-18-11-14-12-6-8-15-16(9-7-13(12)14)21(20-19-15)17(2,3)4/h12-14,18H,5-11H2,1-4H3/t12-,13+,14-/m0/s1. The van der Waals surface area contributed by atoms with Crippen molar-refractivity contribution in [1.29, 1.82) is 0 Å². The van der Waals surface area contributed by atoms with E-state index in [0.717, 1.165) is 37.1 Å². The fourth-order valence-electron chi connectivity index (χ4n) is 4.05. The third-order valence-corrected chi connectivity index (χ3v) is 5.22. The Labute approximate surface area is 128 Å². The number of rotatable bonds is 4. The molecular weight excluding hydrogens is 260 g/mol. The van der Waals surface area contributed by atoms with Crippen molar-refractivity contribution >= 4 is 0 Å². The molecule has 1 N–H and O–H groups in total. The highest BCUT2D eigenvalue weighted by Gasteiger charge is 2.49. The molecule has 0 bridgehead atoms. The lowest BCUT2D eigenvalue weighted by molar-refractivity contribution is 0.333. The van der Waals surface area contributed by atoms with Gasteiger partial charge in [0.05, 0.1) is 16.9 Å². The van der Waals surface area contributed by atoms with Gasteiger partial charge in [0.1, 0.15) is 0 Å². The van der Waals surface area contributed by atoms with Gasteiger partial charge >= 0.3 is 0 Å². The van der Waals surface area contributed by atoms with Crippen LogP contribution in [0.5, 0.6) is 0 Å². The maximum Gasteiger partial charge on any atom is 0.0859 e. The molecule has 1 aromatic rings. The van der Waals surface area contributed by atoms with Gasteiger partial charge in [0.2, 0.25) is 0 Å². The Balaban J connectivity index is 1.66. The Hall–Kier alpha value is -0.900. The third kappa shape index (κ3) is 3.01. The minimum atomic E-state index is 0.0464. The molecule has 1 heterocycles. The summed E-state index contributed by atoms with van der Waals surface area (Å²) in [5.41, 5.74) is 2.70. The zero-order valence-corrected chi connectivity index (χ0v) is 14.0. The first-order chi connectivity index (χ1) is 10.0. The van der Waals surface area contributed by atoms with Crippen molar-refractivity contribution in [2.45, 2.75) is 65.3 Å². The Morgan fingerprint density at radius 3 is 2.57 bits per heavy atom. The van der Waals surface area contributed by atoms with Crippen LogP contribution < -0.4 is 5.32 Å². The van der Waals surface area contributed by atoms with E-state index in [-0.39, 0.29) is 5.54 Å². The van der Waals surface area contributed by atoms with Crippen LogP contribution in [0.3, 0.4) is 0 Å². The lowest BCUT2D eigenvalue weighted by Gasteiger charge is -2.22. The minimum Gasteiger partial charge on any atom is -0.316 e. The molecule has 0 saturated heterocycles. The van der Waals surface area contributed by atoms with Crippen LogP contribution in [0.25, 0.3) is 0 Å². The van der Waals surface area contributed by atoms with Crippen LogP contribution in [0.15, 0.2) is 0 Å². The van der Waals surface area contributed by atoms with Gasteiger partial charge in [-0.1, -0.05) is 12.1 Å². The summed E-state index contributed by atoms with van der Waals surface area (Å²) in [4.78, 5) is 0. The van der Waals surface area contributed by atoms with Crippen molar-refractivity contribution in [3.05, 3.63) is 11.4 Å².